The monoisotopic (exact) mass is 448 g/mol. The Morgan fingerprint density at radius 3 is 1.76 bits per heavy atom. The van der Waals surface area contributed by atoms with Crippen molar-refractivity contribution in [3.05, 3.63) is 124 Å². The second-order valence-electron chi connectivity index (χ2n) is 8.84. The summed E-state index contributed by atoms with van der Waals surface area (Å²) in [6.45, 7) is 0. The first-order valence-electron chi connectivity index (χ1n) is 11.2. The number of carbonyl (C=O) groups is 2. The highest BCUT2D eigenvalue weighted by Gasteiger charge is 2.62. The molecule has 166 valence electrons. The van der Waals surface area contributed by atoms with Crippen LogP contribution in [0.1, 0.15) is 11.1 Å². The average molecular weight is 448 g/mol. The molecule has 3 aliphatic rings. The van der Waals surface area contributed by atoms with Gasteiger partial charge >= 0.3 is 0 Å². The SMILES string of the molecule is O=C1[C@H]2[C@H](C(=O)N1c1cccc([N+](=O)[O-])c1)[C@H]1C=C[C@@H]2C1=C(c1ccccc1)c1ccccc1. The summed E-state index contributed by atoms with van der Waals surface area (Å²) in [6.07, 6.45) is 4.10. The second-order valence-corrected chi connectivity index (χ2v) is 8.84. The smallest absolute Gasteiger partial charge is 0.271 e. The minimum absolute atomic E-state index is 0.146. The lowest BCUT2D eigenvalue weighted by Gasteiger charge is -2.21. The van der Waals surface area contributed by atoms with Crippen molar-refractivity contribution in [1.29, 1.82) is 0 Å². The summed E-state index contributed by atoms with van der Waals surface area (Å²) < 4.78 is 0. The molecule has 2 amide bonds. The quantitative estimate of drug-likeness (QED) is 0.243. The molecule has 1 heterocycles. The van der Waals surface area contributed by atoms with Crippen LogP contribution in [-0.2, 0) is 9.59 Å². The van der Waals surface area contributed by atoms with Crippen LogP contribution >= 0.6 is 0 Å². The summed E-state index contributed by atoms with van der Waals surface area (Å²) in [6, 6.07) is 25.9. The van der Waals surface area contributed by atoms with Gasteiger partial charge in [-0.05, 0) is 28.3 Å². The van der Waals surface area contributed by atoms with Crippen LogP contribution in [0, 0.1) is 33.8 Å². The molecule has 0 spiro atoms. The van der Waals surface area contributed by atoms with Crippen molar-refractivity contribution in [2.45, 2.75) is 0 Å². The van der Waals surface area contributed by atoms with E-state index in [9.17, 15) is 19.7 Å². The number of hydrogen-bond acceptors (Lipinski definition) is 4. The Labute approximate surface area is 196 Å². The van der Waals surface area contributed by atoms with Crippen LogP contribution in [0.15, 0.2) is 103 Å². The van der Waals surface area contributed by atoms with Crippen molar-refractivity contribution in [2.24, 2.45) is 23.7 Å². The molecule has 3 aromatic rings. The van der Waals surface area contributed by atoms with Gasteiger partial charge in [-0.1, -0.05) is 78.9 Å². The lowest BCUT2D eigenvalue weighted by molar-refractivity contribution is -0.384. The fraction of sp³-hybridized carbons (Fsp3) is 0.143. The van der Waals surface area contributed by atoms with Gasteiger partial charge in [0.15, 0.2) is 0 Å². The van der Waals surface area contributed by atoms with Crippen molar-refractivity contribution in [2.75, 3.05) is 4.90 Å². The minimum atomic E-state index is -0.520. The zero-order chi connectivity index (χ0) is 23.4. The summed E-state index contributed by atoms with van der Waals surface area (Å²) in [7, 11) is 0. The molecule has 1 aliphatic heterocycles. The number of nitro benzene ring substituents is 1. The molecule has 2 fully saturated rings. The topological polar surface area (TPSA) is 80.5 Å². The fourth-order valence-electron chi connectivity index (χ4n) is 5.81. The van der Waals surface area contributed by atoms with Gasteiger partial charge in [-0.2, -0.15) is 0 Å². The standard InChI is InChI=1S/C28H20N2O4/c31-27-25-21-14-15-22(26(25)28(32)29(27)19-12-7-13-20(16-19)30(33)34)24(21)23(17-8-3-1-4-9-17)18-10-5-2-6-11-18/h1-16,21-22,25-26H/t21-,22+,25-,26-/m1/s1. The van der Waals surface area contributed by atoms with Crippen LogP contribution in [0.2, 0.25) is 0 Å². The van der Waals surface area contributed by atoms with Crippen molar-refractivity contribution < 1.29 is 14.5 Å². The summed E-state index contributed by atoms with van der Waals surface area (Å²) in [5.41, 5.74) is 4.39. The van der Waals surface area contributed by atoms with Crippen molar-refractivity contribution in [3.63, 3.8) is 0 Å². The third-order valence-electron chi connectivity index (χ3n) is 7.13. The Bertz CT molecular complexity index is 1320. The van der Waals surface area contributed by atoms with Crippen LogP contribution in [0.25, 0.3) is 5.57 Å². The first-order chi connectivity index (χ1) is 16.6. The molecular weight excluding hydrogens is 428 g/mol. The number of allylic oxidation sites excluding steroid dienone is 3. The Morgan fingerprint density at radius 2 is 1.26 bits per heavy atom. The van der Waals surface area contributed by atoms with Gasteiger partial charge in [-0.15, -0.1) is 0 Å². The fourth-order valence-corrected chi connectivity index (χ4v) is 5.81. The van der Waals surface area contributed by atoms with Gasteiger partial charge in [0.25, 0.3) is 5.69 Å². The highest BCUT2D eigenvalue weighted by molar-refractivity contribution is 6.23. The third kappa shape index (κ3) is 2.88. The molecule has 2 bridgehead atoms. The van der Waals surface area contributed by atoms with E-state index in [-0.39, 0.29) is 35.0 Å². The number of rotatable bonds is 4. The van der Waals surface area contributed by atoms with Crippen LogP contribution in [-0.4, -0.2) is 16.7 Å². The molecule has 4 atom stereocenters. The number of amides is 2. The summed E-state index contributed by atoms with van der Waals surface area (Å²) in [5, 5.41) is 11.2. The van der Waals surface area contributed by atoms with Gasteiger partial charge < -0.3 is 0 Å². The number of non-ortho nitro benzene ring substituents is 1. The van der Waals surface area contributed by atoms with E-state index in [2.05, 4.69) is 36.4 Å². The van der Waals surface area contributed by atoms with E-state index >= 15 is 0 Å². The third-order valence-corrected chi connectivity index (χ3v) is 7.13. The van der Waals surface area contributed by atoms with E-state index in [1.165, 1.54) is 18.2 Å². The van der Waals surface area contributed by atoms with Gasteiger partial charge in [0.2, 0.25) is 11.8 Å². The van der Waals surface area contributed by atoms with E-state index in [4.69, 9.17) is 0 Å². The minimum Gasteiger partial charge on any atom is -0.274 e. The van der Waals surface area contributed by atoms with Crippen molar-refractivity contribution in [1.82, 2.24) is 0 Å². The lowest BCUT2D eigenvalue weighted by atomic mass is 9.85. The van der Waals surface area contributed by atoms with Gasteiger partial charge in [0, 0.05) is 24.0 Å². The number of nitro groups is 1. The summed E-state index contributed by atoms with van der Waals surface area (Å²) >= 11 is 0. The number of anilines is 1. The molecule has 1 saturated carbocycles. The molecule has 0 unspecified atom stereocenters. The summed E-state index contributed by atoms with van der Waals surface area (Å²) in [5.74, 6) is -1.95. The molecule has 3 aromatic carbocycles. The van der Waals surface area contributed by atoms with Gasteiger partial charge in [-0.25, -0.2) is 4.90 Å². The molecule has 2 aliphatic carbocycles. The van der Waals surface area contributed by atoms with E-state index in [0.29, 0.717) is 0 Å². The predicted molar refractivity (Wildman–Crippen MR) is 128 cm³/mol. The molecule has 34 heavy (non-hydrogen) atoms. The van der Waals surface area contributed by atoms with Crippen LogP contribution in [0.4, 0.5) is 11.4 Å². The average Bonchev–Trinajstić information content (AvgIpc) is 3.50. The van der Waals surface area contributed by atoms with E-state index in [1.54, 1.807) is 6.07 Å². The number of hydrogen-bond donors (Lipinski definition) is 0. The van der Waals surface area contributed by atoms with Crippen LogP contribution in [0.3, 0.4) is 0 Å². The molecule has 0 radical (unpaired) electrons. The van der Waals surface area contributed by atoms with Gasteiger partial charge in [-0.3, -0.25) is 19.7 Å². The van der Waals surface area contributed by atoms with E-state index in [1.807, 2.05) is 36.4 Å². The largest absolute Gasteiger partial charge is 0.274 e. The maximum absolute atomic E-state index is 13.6. The zero-order valence-corrected chi connectivity index (χ0v) is 18.1. The zero-order valence-electron chi connectivity index (χ0n) is 18.1. The first kappa shape index (κ1) is 20.3. The Kier molecular flexibility index (Phi) is 4.55. The molecule has 6 nitrogen and oxygen atoms in total. The molecule has 1 saturated heterocycles. The molecule has 6 heteroatoms. The normalized spacial score (nSPS) is 24.6. The van der Waals surface area contributed by atoms with Crippen molar-refractivity contribution in [3.8, 4) is 0 Å². The lowest BCUT2D eigenvalue weighted by Crippen LogP contribution is -2.33. The van der Waals surface area contributed by atoms with Gasteiger partial charge in [0.1, 0.15) is 0 Å². The number of benzene rings is 3. The molecular formula is C28H20N2O4. The number of fused-ring (bicyclic) bond motifs is 5. The maximum Gasteiger partial charge on any atom is 0.271 e. The molecule has 0 N–H and O–H groups in total. The van der Waals surface area contributed by atoms with Crippen LogP contribution in [0.5, 0.6) is 0 Å². The summed E-state index contributed by atoms with van der Waals surface area (Å²) in [4.78, 5) is 39.0. The number of nitrogens with zero attached hydrogens (tertiary/aromatic N) is 2. The number of carbonyl (C=O) groups excluding carboxylic acids is 2. The van der Waals surface area contributed by atoms with Crippen molar-refractivity contribution >= 4 is 28.8 Å². The highest BCUT2D eigenvalue weighted by Crippen LogP contribution is 2.58. The molecule has 0 aromatic heterocycles. The van der Waals surface area contributed by atoms with Gasteiger partial charge in [0.05, 0.1) is 22.4 Å². The Hall–Kier alpha value is -4.32. The predicted octanol–water partition coefficient (Wildman–Crippen LogP) is 5.02. The molecule has 6 rings (SSSR count). The first-order valence-corrected chi connectivity index (χ1v) is 11.2. The second kappa shape index (κ2) is 7.63. The maximum atomic E-state index is 13.6. The van der Waals surface area contributed by atoms with Crippen LogP contribution < -0.4 is 4.90 Å². The Balaban J connectivity index is 1.47. The highest BCUT2D eigenvalue weighted by atomic mass is 16.6. The van der Waals surface area contributed by atoms with E-state index < -0.39 is 16.8 Å². The Morgan fingerprint density at radius 1 is 0.735 bits per heavy atom. The number of imide groups is 1. The van der Waals surface area contributed by atoms with E-state index in [0.717, 1.165) is 27.2 Å².